The average molecular weight is 138 g/mol. The van der Waals surface area contributed by atoms with Crippen molar-refractivity contribution in [2.75, 3.05) is 13.0 Å². The molecule has 0 saturated carbocycles. The largest absolute Gasteiger partial charge is 0.369 e. The summed E-state index contributed by atoms with van der Waals surface area (Å²) in [5.41, 5.74) is 4.82. The van der Waals surface area contributed by atoms with E-state index >= 15 is 0 Å². The topological polar surface area (TPSA) is 55.1 Å². The number of hydrogen-bond donors (Lipinski definition) is 2. The van der Waals surface area contributed by atoms with Gasteiger partial charge in [-0.15, -0.1) is 0 Å². The molecule has 1 amide bonds. The molecule has 3 nitrogen and oxygen atoms in total. The van der Waals surface area contributed by atoms with Gasteiger partial charge in [0, 0.05) is 18.8 Å². The third-order valence-electron chi connectivity index (χ3n) is 0.713. The zero-order valence-corrected chi connectivity index (χ0v) is 4.43. The van der Waals surface area contributed by atoms with E-state index in [2.05, 4.69) is 0 Å². The van der Waals surface area contributed by atoms with Crippen molar-refractivity contribution in [2.24, 2.45) is 11.6 Å². The highest BCUT2D eigenvalue weighted by molar-refractivity contribution is 5.76. The second-order valence-corrected chi connectivity index (χ2v) is 1.32. The quantitative estimate of drug-likeness (QED) is 0.512. The third kappa shape index (κ3) is 1.68. The number of carbonyl (C=O) groups excluding carboxylic acids is 1. The first kappa shape index (κ1) is 1.37. The van der Waals surface area contributed by atoms with Crippen LogP contribution in [0.15, 0.2) is 0 Å². The molecule has 3 heteroatoms. The van der Waals surface area contributed by atoms with Gasteiger partial charge in [-0.3, -0.25) is 4.79 Å². The zero-order valence-electron chi connectivity index (χ0n) is 14.4. The van der Waals surface area contributed by atoms with Gasteiger partial charge in [0.1, 0.15) is 1.41 Å². The maximum absolute atomic E-state index is 11.3. The minimum absolute atomic E-state index is 0.556. The van der Waals surface area contributed by atoms with Crippen molar-refractivity contribution in [1.29, 1.82) is 0 Å². The molecular formula is C6H12N2O. The second-order valence-electron chi connectivity index (χ2n) is 1.32. The highest BCUT2D eigenvalue weighted by Gasteiger charge is 2.17. The maximum atomic E-state index is 11.3. The van der Waals surface area contributed by atoms with E-state index in [1.54, 1.807) is 0 Å². The summed E-state index contributed by atoms with van der Waals surface area (Å²) < 4.78 is 74.6. The van der Waals surface area contributed by atoms with E-state index in [-0.39, 0.29) is 0 Å². The second kappa shape index (κ2) is 2.82. The van der Waals surface area contributed by atoms with Crippen molar-refractivity contribution >= 4 is 5.91 Å². The molecule has 0 aromatic heterocycles. The van der Waals surface area contributed by atoms with Crippen molar-refractivity contribution in [3.63, 3.8) is 0 Å². The molecule has 3 N–H and O–H groups in total. The molecule has 1 saturated heterocycles. The summed E-state index contributed by atoms with van der Waals surface area (Å²) in [6, 6.07) is 0. The molecule has 0 aromatic rings. The lowest BCUT2D eigenvalue weighted by molar-refractivity contribution is -0.122. The van der Waals surface area contributed by atoms with Crippen molar-refractivity contribution < 1.29 is 18.5 Å². The van der Waals surface area contributed by atoms with Crippen LogP contribution in [0, 0.1) is 5.89 Å². The Bertz CT molecular complexity index is 422. The Hall–Kier alpha value is -0.570. The van der Waals surface area contributed by atoms with Gasteiger partial charge in [-0.05, 0) is 19.2 Å². The summed E-state index contributed by atoms with van der Waals surface area (Å²) in [7, 11) is 0. The van der Waals surface area contributed by atoms with Gasteiger partial charge in [0.05, 0.1) is 5.89 Å². The van der Waals surface area contributed by atoms with Crippen LogP contribution >= 0.6 is 0 Å². The number of nitrogens with one attached hydrogen (secondary N) is 1. The Morgan fingerprint density at radius 1 is 2.11 bits per heavy atom. The van der Waals surface area contributed by atoms with Gasteiger partial charge >= 0.3 is 0 Å². The molecule has 1 aliphatic rings. The molecular weight excluding hydrogens is 116 g/mol. The Morgan fingerprint density at radius 3 is 3.56 bits per heavy atom. The smallest absolute Gasteiger partial charge is 0.221 e. The minimum atomic E-state index is -3.59. The summed E-state index contributed by atoms with van der Waals surface area (Å²) in [5.74, 6) is -5.31. The molecule has 9 heavy (non-hydrogen) atoms. The monoisotopic (exact) mass is 138 g/mol. The van der Waals surface area contributed by atoms with Crippen LogP contribution in [-0.2, 0) is 4.79 Å². The minimum Gasteiger partial charge on any atom is -0.369 e. The fourth-order valence-corrected chi connectivity index (χ4v) is 0.347. The Kier molecular flexibility index (Phi) is 0.430. The first-order chi connectivity index (χ1) is 8.10. The highest BCUT2D eigenvalue weighted by Crippen LogP contribution is 2.07. The van der Waals surface area contributed by atoms with Gasteiger partial charge in [-0.25, -0.2) is 0 Å². The fraction of sp³-hybridized carbons (Fsp3) is 0.833. The molecule has 1 fully saturated rings. The predicted octanol–water partition coefficient (Wildman–Crippen LogP) is -0.529. The average Bonchev–Trinajstić information content (AvgIpc) is 2.23. The van der Waals surface area contributed by atoms with Crippen LogP contribution in [-0.4, -0.2) is 18.9 Å². The van der Waals surface area contributed by atoms with E-state index in [0.717, 1.165) is 0 Å². The number of primary amides is 1. The van der Waals surface area contributed by atoms with Crippen LogP contribution in [0.1, 0.15) is 25.1 Å². The Labute approximate surface area is 68.7 Å². The maximum Gasteiger partial charge on any atom is 0.221 e. The number of hydrogen-bond acceptors (Lipinski definition) is 2. The molecule has 1 aliphatic heterocycles. The first-order valence-corrected chi connectivity index (χ1v) is 2.19. The molecule has 52 valence electrons. The lowest BCUT2D eigenvalue weighted by Crippen LogP contribution is -2.37. The van der Waals surface area contributed by atoms with Crippen LogP contribution in [0.4, 0.5) is 0 Å². The van der Waals surface area contributed by atoms with E-state index in [4.69, 9.17) is 19.5 Å². The standard InChI is InChI=1S/C6H12N2O/c7-6(9)5-2-1-3-8-4-5/h5,8H,1-4H2,(H2,7,9)/i1D2,2D2,3D2,4D2,5D/hD. The van der Waals surface area contributed by atoms with Crippen molar-refractivity contribution in [3.05, 3.63) is 0 Å². The lowest BCUT2D eigenvalue weighted by Gasteiger charge is -2.18. The normalized spacial score (nSPS) is 76.9. The van der Waals surface area contributed by atoms with Crippen molar-refractivity contribution in [1.82, 2.24) is 5.31 Å². The third-order valence-corrected chi connectivity index (χ3v) is 0.713. The van der Waals surface area contributed by atoms with Crippen LogP contribution in [0.25, 0.3) is 0 Å². The van der Waals surface area contributed by atoms with Gasteiger partial charge < -0.3 is 11.0 Å². The SMILES string of the molecule is [2H]N1C([2H])([2H])C([2H])([2H])C([2H])([2H])C([2H])(C(N)=O)C1([2H])[2H]. The molecule has 1 atom stereocenters. The molecule has 0 aliphatic carbocycles. The molecule has 1 rings (SSSR count). The summed E-state index contributed by atoms with van der Waals surface area (Å²) in [6.45, 7) is -6.86. The van der Waals surface area contributed by atoms with Crippen LogP contribution in [0.3, 0.4) is 0 Å². The lowest BCUT2D eigenvalue weighted by atomic mass is 9.99. The summed E-state index contributed by atoms with van der Waals surface area (Å²) >= 11 is 0. The van der Waals surface area contributed by atoms with Gasteiger partial charge in [-0.2, -0.15) is 0 Å². The van der Waals surface area contributed by atoms with E-state index in [1.807, 2.05) is 0 Å². The van der Waals surface area contributed by atoms with Gasteiger partial charge in [0.15, 0.2) is 0 Å². The van der Waals surface area contributed by atoms with E-state index in [9.17, 15) is 4.79 Å². The number of rotatable bonds is 1. The number of carbonyl (C=O) groups is 1. The van der Waals surface area contributed by atoms with Crippen LogP contribution in [0.2, 0.25) is 1.41 Å². The Morgan fingerprint density at radius 2 is 2.89 bits per heavy atom. The molecule has 0 bridgehead atoms. The predicted molar refractivity (Wildman–Crippen MR) is 34.8 cm³/mol. The molecule has 1 heterocycles. The molecule has 0 spiro atoms. The number of amides is 1. The highest BCUT2D eigenvalue weighted by atomic mass is 16.1. The molecule has 1 unspecified atom stereocenters. The van der Waals surface area contributed by atoms with E-state index in [0.29, 0.717) is 0 Å². The molecule has 0 aromatic carbocycles. The summed E-state index contributed by atoms with van der Waals surface area (Å²) in [6.07, 6.45) is -7.10. The van der Waals surface area contributed by atoms with Crippen LogP contribution in [0.5, 0.6) is 0 Å². The molecule has 0 radical (unpaired) electrons. The first-order valence-electron chi connectivity index (χ1n) is 7.14. The van der Waals surface area contributed by atoms with Crippen LogP contribution < -0.4 is 11.0 Å². The number of nitrogens with two attached hydrogens (primary N) is 1. The van der Waals surface area contributed by atoms with E-state index in [1.165, 1.54) is 0 Å². The zero-order chi connectivity index (χ0) is 15.7. The Balaban J connectivity index is 3.73. The fourth-order valence-electron chi connectivity index (χ4n) is 0.347. The van der Waals surface area contributed by atoms with Crippen molar-refractivity contribution in [2.45, 2.75) is 12.7 Å². The van der Waals surface area contributed by atoms with E-state index < -0.39 is 42.9 Å². The van der Waals surface area contributed by atoms with Gasteiger partial charge in [0.25, 0.3) is 0 Å². The van der Waals surface area contributed by atoms with Gasteiger partial charge in [0.2, 0.25) is 5.91 Å². The number of piperidine rings is 1. The van der Waals surface area contributed by atoms with Gasteiger partial charge in [-0.1, -0.05) is 0 Å². The summed E-state index contributed by atoms with van der Waals surface area (Å²) in [5, 5.41) is -0.556. The summed E-state index contributed by atoms with van der Waals surface area (Å²) in [4.78, 5) is 11.3. The van der Waals surface area contributed by atoms with Crippen molar-refractivity contribution in [3.8, 4) is 0 Å².